The lowest BCUT2D eigenvalue weighted by atomic mass is 9.99. The van der Waals surface area contributed by atoms with E-state index in [0.717, 1.165) is 30.2 Å². The van der Waals surface area contributed by atoms with Gasteiger partial charge in [-0.15, -0.1) is 0 Å². The summed E-state index contributed by atoms with van der Waals surface area (Å²) in [6.45, 7) is 3.07. The molecule has 2 rings (SSSR count). The van der Waals surface area contributed by atoms with E-state index >= 15 is 0 Å². The quantitative estimate of drug-likeness (QED) is 0.805. The molecule has 0 amide bonds. The molecule has 3 heteroatoms. The van der Waals surface area contributed by atoms with Gasteiger partial charge in [0.1, 0.15) is 5.75 Å². The Morgan fingerprint density at radius 3 is 2.52 bits per heavy atom. The Hall–Kier alpha value is -1.51. The monoisotopic (exact) mass is 303 g/mol. The number of benzene rings is 2. The molecule has 2 nitrogen and oxygen atoms in total. The van der Waals surface area contributed by atoms with E-state index < -0.39 is 0 Å². The van der Waals surface area contributed by atoms with Crippen molar-refractivity contribution in [3.05, 3.63) is 64.7 Å². The Kier molecular flexibility index (Phi) is 6.09. The number of rotatable bonds is 7. The van der Waals surface area contributed by atoms with Crippen LogP contribution < -0.4 is 10.1 Å². The van der Waals surface area contributed by atoms with E-state index in [0.29, 0.717) is 6.04 Å². The molecule has 1 unspecified atom stereocenters. The van der Waals surface area contributed by atoms with Crippen LogP contribution in [0.2, 0.25) is 5.02 Å². The molecule has 0 heterocycles. The van der Waals surface area contributed by atoms with Gasteiger partial charge in [-0.3, -0.25) is 0 Å². The maximum atomic E-state index is 6.10. The number of hydrogen-bond acceptors (Lipinski definition) is 2. The lowest BCUT2D eigenvalue weighted by Gasteiger charge is -2.18. The van der Waals surface area contributed by atoms with Crippen molar-refractivity contribution in [2.75, 3.05) is 13.7 Å². The third kappa shape index (κ3) is 4.76. The standard InChI is InChI=1S/C18H22ClNO/c1-3-20-18(15-5-4-6-16(19)13-15)12-9-14-7-10-17(21-2)11-8-14/h4-8,10-11,13,18,20H,3,9,12H2,1-2H3. The first-order chi connectivity index (χ1) is 10.2. The van der Waals surface area contributed by atoms with Crippen molar-refractivity contribution in [2.45, 2.75) is 25.8 Å². The van der Waals surface area contributed by atoms with Crippen LogP contribution in [-0.2, 0) is 6.42 Å². The molecule has 0 saturated heterocycles. The fraction of sp³-hybridized carbons (Fsp3) is 0.333. The molecule has 1 atom stereocenters. The normalized spacial score (nSPS) is 12.1. The van der Waals surface area contributed by atoms with Crippen LogP contribution in [0.25, 0.3) is 0 Å². The first-order valence-corrected chi connectivity index (χ1v) is 7.72. The average molecular weight is 304 g/mol. The van der Waals surface area contributed by atoms with Crippen molar-refractivity contribution < 1.29 is 4.74 Å². The van der Waals surface area contributed by atoms with Gasteiger partial charge in [-0.1, -0.05) is 42.8 Å². The van der Waals surface area contributed by atoms with Crippen LogP contribution in [0.1, 0.15) is 30.5 Å². The molecule has 2 aromatic rings. The molecule has 0 fully saturated rings. The van der Waals surface area contributed by atoms with Gasteiger partial charge < -0.3 is 10.1 Å². The summed E-state index contributed by atoms with van der Waals surface area (Å²) in [5, 5.41) is 4.33. The maximum absolute atomic E-state index is 6.10. The van der Waals surface area contributed by atoms with Gasteiger partial charge in [0, 0.05) is 11.1 Å². The van der Waals surface area contributed by atoms with Gasteiger partial charge in [-0.05, 0) is 54.8 Å². The molecule has 0 aliphatic heterocycles. The highest BCUT2D eigenvalue weighted by atomic mass is 35.5. The second kappa shape index (κ2) is 8.06. The lowest BCUT2D eigenvalue weighted by molar-refractivity contribution is 0.414. The third-order valence-electron chi connectivity index (χ3n) is 3.58. The summed E-state index contributed by atoms with van der Waals surface area (Å²) >= 11 is 6.10. The van der Waals surface area contributed by atoms with Crippen molar-refractivity contribution in [1.29, 1.82) is 0 Å². The summed E-state index contributed by atoms with van der Waals surface area (Å²) in [4.78, 5) is 0. The summed E-state index contributed by atoms with van der Waals surface area (Å²) in [6.07, 6.45) is 2.06. The van der Waals surface area contributed by atoms with Crippen molar-refractivity contribution in [2.24, 2.45) is 0 Å². The van der Waals surface area contributed by atoms with Gasteiger partial charge in [0.2, 0.25) is 0 Å². The molecule has 0 aliphatic carbocycles. The summed E-state index contributed by atoms with van der Waals surface area (Å²) in [7, 11) is 1.69. The Morgan fingerprint density at radius 2 is 1.90 bits per heavy atom. The fourth-order valence-corrected chi connectivity index (χ4v) is 2.66. The topological polar surface area (TPSA) is 21.3 Å². The smallest absolute Gasteiger partial charge is 0.118 e. The van der Waals surface area contributed by atoms with E-state index in [1.807, 2.05) is 30.3 Å². The first kappa shape index (κ1) is 15.9. The van der Waals surface area contributed by atoms with E-state index in [-0.39, 0.29) is 0 Å². The molecule has 0 aromatic heterocycles. The fourth-order valence-electron chi connectivity index (χ4n) is 2.46. The van der Waals surface area contributed by atoms with Crippen LogP contribution in [-0.4, -0.2) is 13.7 Å². The van der Waals surface area contributed by atoms with Crippen LogP contribution >= 0.6 is 11.6 Å². The Labute approximate surface area is 132 Å². The van der Waals surface area contributed by atoms with Crippen LogP contribution in [0, 0.1) is 0 Å². The molecule has 0 aliphatic rings. The Bertz CT molecular complexity index is 553. The molecule has 0 spiro atoms. The molecular formula is C18H22ClNO. The highest BCUT2D eigenvalue weighted by Gasteiger charge is 2.10. The van der Waals surface area contributed by atoms with E-state index in [2.05, 4.69) is 30.4 Å². The lowest BCUT2D eigenvalue weighted by Crippen LogP contribution is -2.21. The van der Waals surface area contributed by atoms with Crippen LogP contribution in [0.15, 0.2) is 48.5 Å². The maximum Gasteiger partial charge on any atom is 0.118 e. The minimum absolute atomic E-state index is 0.329. The second-order valence-electron chi connectivity index (χ2n) is 5.05. The average Bonchev–Trinajstić information content (AvgIpc) is 2.52. The van der Waals surface area contributed by atoms with Crippen LogP contribution in [0.5, 0.6) is 5.75 Å². The molecule has 2 aromatic carbocycles. The largest absolute Gasteiger partial charge is 0.497 e. The molecule has 0 radical (unpaired) electrons. The van der Waals surface area contributed by atoms with Crippen molar-refractivity contribution >= 4 is 11.6 Å². The molecule has 1 N–H and O–H groups in total. The van der Waals surface area contributed by atoms with Gasteiger partial charge in [0.25, 0.3) is 0 Å². The van der Waals surface area contributed by atoms with Gasteiger partial charge in [0.05, 0.1) is 7.11 Å². The summed E-state index contributed by atoms with van der Waals surface area (Å²) < 4.78 is 5.19. The minimum Gasteiger partial charge on any atom is -0.497 e. The van der Waals surface area contributed by atoms with Crippen LogP contribution in [0.4, 0.5) is 0 Å². The predicted octanol–water partition coefficient (Wildman–Crippen LogP) is 4.63. The zero-order chi connectivity index (χ0) is 15.1. The number of halogens is 1. The van der Waals surface area contributed by atoms with Crippen molar-refractivity contribution in [1.82, 2.24) is 5.32 Å². The Balaban J connectivity index is 2.02. The van der Waals surface area contributed by atoms with Gasteiger partial charge in [0.15, 0.2) is 0 Å². The Morgan fingerprint density at radius 1 is 1.14 bits per heavy atom. The number of ether oxygens (including phenoxy) is 1. The van der Waals surface area contributed by atoms with Crippen LogP contribution in [0.3, 0.4) is 0 Å². The minimum atomic E-state index is 0.329. The molecule has 112 valence electrons. The van der Waals surface area contributed by atoms with Crippen molar-refractivity contribution in [3.63, 3.8) is 0 Å². The second-order valence-corrected chi connectivity index (χ2v) is 5.49. The summed E-state index contributed by atoms with van der Waals surface area (Å²) in [5.41, 5.74) is 2.57. The first-order valence-electron chi connectivity index (χ1n) is 7.34. The highest BCUT2D eigenvalue weighted by molar-refractivity contribution is 6.30. The van der Waals surface area contributed by atoms with Gasteiger partial charge >= 0.3 is 0 Å². The predicted molar refractivity (Wildman–Crippen MR) is 89.2 cm³/mol. The zero-order valence-electron chi connectivity index (χ0n) is 12.6. The third-order valence-corrected chi connectivity index (χ3v) is 3.82. The van der Waals surface area contributed by atoms with E-state index in [1.165, 1.54) is 11.1 Å². The number of hydrogen-bond donors (Lipinski definition) is 1. The molecule has 21 heavy (non-hydrogen) atoms. The van der Waals surface area contributed by atoms with E-state index in [4.69, 9.17) is 16.3 Å². The highest BCUT2D eigenvalue weighted by Crippen LogP contribution is 2.23. The van der Waals surface area contributed by atoms with E-state index in [1.54, 1.807) is 7.11 Å². The summed E-state index contributed by atoms with van der Waals surface area (Å²) in [5.74, 6) is 0.900. The summed E-state index contributed by atoms with van der Waals surface area (Å²) in [6, 6.07) is 16.7. The van der Waals surface area contributed by atoms with Gasteiger partial charge in [-0.25, -0.2) is 0 Å². The van der Waals surface area contributed by atoms with Gasteiger partial charge in [-0.2, -0.15) is 0 Å². The molecule has 0 saturated carbocycles. The number of nitrogens with one attached hydrogen (secondary N) is 1. The number of aryl methyl sites for hydroxylation is 1. The molecule has 0 bridgehead atoms. The SMILES string of the molecule is CCNC(CCc1ccc(OC)cc1)c1cccc(Cl)c1. The van der Waals surface area contributed by atoms with E-state index in [9.17, 15) is 0 Å². The van der Waals surface area contributed by atoms with Crippen molar-refractivity contribution in [3.8, 4) is 5.75 Å². The number of methoxy groups -OCH3 is 1. The molecular weight excluding hydrogens is 282 g/mol. The zero-order valence-corrected chi connectivity index (χ0v) is 13.4.